The van der Waals surface area contributed by atoms with E-state index in [0.717, 1.165) is 25.7 Å². The molecule has 1 saturated heterocycles. The van der Waals surface area contributed by atoms with E-state index in [-0.39, 0.29) is 35.6 Å². The highest BCUT2D eigenvalue weighted by atomic mass is 32.2. The molecule has 0 radical (unpaired) electrons. The molecule has 0 bridgehead atoms. The smallest absolute Gasteiger partial charge is 0.333 e. The maximum atomic E-state index is 11.3. The van der Waals surface area contributed by atoms with Crippen LogP contribution in [-0.4, -0.2) is 33.0 Å². The van der Waals surface area contributed by atoms with Crippen LogP contribution in [0.2, 0.25) is 0 Å². The normalized spacial score (nSPS) is 42.9. The van der Waals surface area contributed by atoms with E-state index in [4.69, 9.17) is 18.8 Å². The van der Waals surface area contributed by atoms with Crippen molar-refractivity contribution < 1.29 is 22.1 Å². The topological polar surface area (TPSA) is 87.8 Å². The van der Waals surface area contributed by atoms with Gasteiger partial charge in [-0.2, -0.15) is 8.42 Å². The molecular weight excluding hydrogens is 306 g/mol. The average Bonchev–Trinajstić information content (AvgIpc) is 2.78. The average molecular weight is 333 g/mol. The van der Waals surface area contributed by atoms with Gasteiger partial charge >= 0.3 is 10.3 Å². The van der Waals surface area contributed by atoms with Crippen LogP contribution in [0, 0.1) is 16.7 Å². The first-order valence-corrected chi connectivity index (χ1v) is 9.42. The van der Waals surface area contributed by atoms with Crippen molar-refractivity contribution in [2.45, 2.75) is 71.4 Å². The molecule has 0 aromatic carbocycles. The minimum atomic E-state index is -3.92. The molecule has 1 heterocycles. The van der Waals surface area contributed by atoms with Crippen molar-refractivity contribution >= 4 is 10.3 Å². The van der Waals surface area contributed by atoms with Gasteiger partial charge in [-0.25, -0.2) is 5.14 Å². The second-order valence-electron chi connectivity index (χ2n) is 8.45. The van der Waals surface area contributed by atoms with Crippen LogP contribution in [0.25, 0.3) is 0 Å². The maximum absolute atomic E-state index is 11.3. The van der Waals surface area contributed by atoms with Gasteiger partial charge in [-0.05, 0) is 50.9 Å². The molecular formula is C15H27NO5S. The Morgan fingerprint density at radius 1 is 1.23 bits per heavy atom. The minimum absolute atomic E-state index is 0.00889. The molecule has 1 aliphatic heterocycles. The van der Waals surface area contributed by atoms with Crippen LogP contribution in [0.5, 0.6) is 0 Å². The van der Waals surface area contributed by atoms with Crippen LogP contribution < -0.4 is 5.14 Å². The number of hydrogen-bond donors (Lipinski definition) is 1. The monoisotopic (exact) mass is 333 g/mol. The predicted octanol–water partition coefficient (Wildman–Crippen LogP) is 1.94. The zero-order valence-electron chi connectivity index (χ0n) is 13.8. The summed E-state index contributed by atoms with van der Waals surface area (Å²) in [6, 6.07) is 0. The van der Waals surface area contributed by atoms with E-state index < -0.39 is 16.1 Å². The quantitative estimate of drug-likeness (QED) is 0.853. The van der Waals surface area contributed by atoms with Gasteiger partial charge in [0.1, 0.15) is 0 Å². The molecule has 3 rings (SSSR count). The summed E-state index contributed by atoms with van der Waals surface area (Å²) in [4.78, 5) is 0. The zero-order valence-corrected chi connectivity index (χ0v) is 14.6. The highest BCUT2D eigenvalue weighted by Gasteiger charge is 2.61. The molecule has 4 atom stereocenters. The highest BCUT2D eigenvalue weighted by Crippen LogP contribution is 2.62. The largest absolute Gasteiger partial charge is 0.345 e. The van der Waals surface area contributed by atoms with Gasteiger partial charge in [0.25, 0.3) is 0 Å². The lowest BCUT2D eigenvalue weighted by atomic mass is 9.66. The van der Waals surface area contributed by atoms with Gasteiger partial charge in [0.05, 0.1) is 18.8 Å². The number of ether oxygens (including phenoxy) is 2. The van der Waals surface area contributed by atoms with Gasteiger partial charge in [0, 0.05) is 5.41 Å². The molecule has 3 fully saturated rings. The first-order valence-electron chi connectivity index (χ1n) is 7.94. The summed E-state index contributed by atoms with van der Waals surface area (Å²) in [6.45, 7) is 8.47. The van der Waals surface area contributed by atoms with E-state index >= 15 is 0 Å². The van der Waals surface area contributed by atoms with Gasteiger partial charge in [-0.1, -0.05) is 13.8 Å². The summed E-state index contributed by atoms with van der Waals surface area (Å²) in [7, 11) is -3.92. The molecule has 0 spiro atoms. The van der Waals surface area contributed by atoms with Gasteiger partial charge in [-0.15, -0.1) is 0 Å². The van der Waals surface area contributed by atoms with E-state index in [1.807, 2.05) is 13.8 Å². The van der Waals surface area contributed by atoms with E-state index in [2.05, 4.69) is 13.8 Å². The Labute approximate surface area is 132 Å². The third kappa shape index (κ3) is 3.06. The molecule has 2 aliphatic carbocycles. The summed E-state index contributed by atoms with van der Waals surface area (Å²) in [6.07, 6.45) is 3.77. The molecule has 3 aliphatic rings. The minimum Gasteiger partial charge on any atom is -0.345 e. The van der Waals surface area contributed by atoms with Crippen molar-refractivity contribution in [3.8, 4) is 0 Å². The van der Waals surface area contributed by atoms with Crippen molar-refractivity contribution in [2.24, 2.45) is 21.9 Å². The van der Waals surface area contributed by atoms with E-state index in [1.54, 1.807) is 0 Å². The van der Waals surface area contributed by atoms with Crippen molar-refractivity contribution in [1.82, 2.24) is 0 Å². The number of nitrogens with two attached hydrogens (primary N) is 1. The Morgan fingerprint density at radius 2 is 1.91 bits per heavy atom. The molecule has 2 N–H and O–H groups in total. The number of rotatable bonds is 3. The molecule has 2 saturated carbocycles. The summed E-state index contributed by atoms with van der Waals surface area (Å²) in [5.74, 6) is -0.330. The van der Waals surface area contributed by atoms with Crippen molar-refractivity contribution in [1.29, 1.82) is 0 Å². The van der Waals surface area contributed by atoms with Crippen molar-refractivity contribution in [3.05, 3.63) is 0 Å². The summed E-state index contributed by atoms with van der Waals surface area (Å²) >= 11 is 0. The molecule has 0 unspecified atom stereocenters. The zero-order chi connectivity index (χ0) is 16.4. The van der Waals surface area contributed by atoms with Crippen LogP contribution in [0.1, 0.15) is 53.4 Å². The second kappa shape index (κ2) is 4.89. The van der Waals surface area contributed by atoms with Gasteiger partial charge in [0.15, 0.2) is 5.79 Å². The molecule has 6 nitrogen and oxygen atoms in total. The first-order chi connectivity index (χ1) is 9.92. The Balaban J connectivity index is 1.87. The Morgan fingerprint density at radius 3 is 2.55 bits per heavy atom. The van der Waals surface area contributed by atoms with Crippen LogP contribution in [-0.2, 0) is 24.0 Å². The fourth-order valence-electron chi connectivity index (χ4n) is 4.99. The summed E-state index contributed by atoms with van der Waals surface area (Å²) in [5.41, 5.74) is -0.0573. The summed E-state index contributed by atoms with van der Waals surface area (Å²) in [5, 5.41) is 5.04. The fraction of sp³-hybridized carbons (Fsp3) is 1.00. The molecule has 7 heteroatoms. The predicted molar refractivity (Wildman–Crippen MR) is 81.1 cm³/mol. The number of hydrogen-bond acceptors (Lipinski definition) is 5. The van der Waals surface area contributed by atoms with Gasteiger partial charge in [-0.3, -0.25) is 4.18 Å². The standard InChI is InChI=1S/C15H27NO5S/c1-13(2)7-10-12-11(20-14(3,4)21-12)5-6-15(10,8-13)9-19-22(16,17)18/h10-12H,5-9H2,1-4H3,(H2,16,17,18)/t10-,11+,12-,15-/m0/s1. The molecule has 0 amide bonds. The van der Waals surface area contributed by atoms with Crippen LogP contribution in [0.15, 0.2) is 0 Å². The third-order valence-corrected chi connectivity index (χ3v) is 5.89. The summed E-state index contributed by atoms with van der Waals surface area (Å²) < 4.78 is 39.7. The fourth-order valence-corrected chi connectivity index (χ4v) is 5.39. The maximum Gasteiger partial charge on any atom is 0.333 e. The SMILES string of the molecule is CC1(C)C[C@H]2[C@@H]3OC(C)(C)O[C@@H]3CC[C@@]2(COS(N)(=O)=O)C1. The Bertz CT molecular complexity index is 558. The lowest BCUT2D eigenvalue weighted by Gasteiger charge is -2.43. The number of fused-ring (bicyclic) bond motifs is 3. The molecule has 0 aromatic rings. The van der Waals surface area contributed by atoms with Gasteiger partial charge in [0.2, 0.25) is 0 Å². The van der Waals surface area contributed by atoms with E-state index in [9.17, 15) is 8.42 Å². The van der Waals surface area contributed by atoms with Crippen LogP contribution in [0.3, 0.4) is 0 Å². The Hall–Kier alpha value is -0.210. The first kappa shape index (κ1) is 16.6. The second-order valence-corrected chi connectivity index (χ2v) is 9.67. The molecule has 128 valence electrons. The lowest BCUT2D eigenvalue weighted by molar-refractivity contribution is -0.151. The van der Waals surface area contributed by atoms with E-state index in [0.29, 0.717) is 0 Å². The molecule has 22 heavy (non-hydrogen) atoms. The van der Waals surface area contributed by atoms with Crippen LogP contribution in [0.4, 0.5) is 0 Å². The van der Waals surface area contributed by atoms with Crippen LogP contribution >= 0.6 is 0 Å². The molecule has 0 aromatic heterocycles. The third-order valence-electron chi connectivity index (χ3n) is 5.45. The lowest BCUT2D eigenvalue weighted by Crippen LogP contribution is -2.47. The van der Waals surface area contributed by atoms with Crippen molar-refractivity contribution in [3.63, 3.8) is 0 Å². The Kier molecular flexibility index (Phi) is 3.70. The highest BCUT2D eigenvalue weighted by molar-refractivity contribution is 7.84. The van der Waals surface area contributed by atoms with Crippen molar-refractivity contribution in [2.75, 3.05) is 6.61 Å². The van der Waals surface area contributed by atoms with Gasteiger partial charge < -0.3 is 9.47 Å². The van der Waals surface area contributed by atoms with E-state index in [1.165, 1.54) is 0 Å².